The number of hydrogen-bond donors (Lipinski definition) is 0. The fourth-order valence-electron chi connectivity index (χ4n) is 1.37. The first-order valence-corrected chi connectivity index (χ1v) is 7.04. The van der Waals surface area contributed by atoms with Gasteiger partial charge in [0.25, 0.3) is 0 Å². The van der Waals surface area contributed by atoms with Gasteiger partial charge in [0, 0.05) is 5.75 Å². The summed E-state index contributed by atoms with van der Waals surface area (Å²) in [5, 5.41) is 0. The summed E-state index contributed by atoms with van der Waals surface area (Å²) < 4.78 is 25.4. The zero-order valence-electron chi connectivity index (χ0n) is 8.11. The highest BCUT2D eigenvalue weighted by Gasteiger charge is 2.13. The molecule has 1 atom stereocenters. The van der Waals surface area contributed by atoms with Gasteiger partial charge in [0.1, 0.15) is 5.82 Å². The van der Waals surface area contributed by atoms with E-state index in [-0.39, 0.29) is 5.82 Å². The fraction of sp³-hybridized carbons (Fsp3) is 0.273. The van der Waals surface area contributed by atoms with E-state index in [1.165, 1.54) is 12.1 Å². The minimum atomic E-state index is -0.883. The van der Waals surface area contributed by atoms with Crippen LogP contribution in [0.15, 0.2) is 28.5 Å². The van der Waals surface area contributed by atoms with Crippen LogP contribution in [0.2, 0.25) is 0 Å². The van der Waals surface area contributed by atoms with Crippen LogP contribution in [-0.2, 0) is 10.8 Å². The van der Waals surface area contributed by atoms with Gasteiger partial charge in [-0.25, -0.2) is 4.39 Å². The Morgan fingerprint density at radius 1 is 1.47 bits per heavy atom. The maximum absolute atomic E-state index is 12.9. The highest BCUT2D eigenvalue weighted by molar-refractivity contribution is 8.17. The van der Waals surface area contributed by atoms with Gasteiger partial charge in [-0.1, -0.05) is 12.1 Å². The van der Waals surface area contributed by atoms with E-state index < -0.39 is 10.8 Å². The summed E-state index contributed by atoms with van der Waals surface area (Å²) in [5.41, 5.74) is 0.785. The van der Waals surface area contributed by atoms with Crippen LogP contribution in [0.3, 0.4) is 0 Å². The first-order chi connectivity index (χ1) is 7.25. The topological polar surface area (TPSA) is 17.1 Å². The van der Waals surface area contributed by atoms with Gasteiger partial charge >= 0.3 is 0 Å². The highest BCUT2D eigenvalue weighted by atomic mass is 32.2. The SMILES string of the molecule is O=S1CCCS/C1=C\c1cccc(F)c1. The van der Waals surface area contributed by atoms with Crippen molar-refractivity contribution in [2.45, 2.75) is 6.42 Å². The molecule has 80 valence electrons. The van der Waals surface area contributed by atoms with Gasteiger partial charge < -0.3 is 0 Å². The third-order valence-electron chi connectivity index (χ3n) is 2.08. The molecule has 0 radical (unpaired) electrons. The van der Waals surface area contributed by atoms with E-state index in [0.29, 0.717) is 0 Å². The van der Waals surface area contributed by atoms with Gasteiger partial charge in [-0.05, 0) is 35.9 Å². The molecule has 15 heavy (non-hydrogen) atoms. The smallest absolute Gasteiger partial charge is 0.123 e. The second kappa shape index (κ2) is 4.94. The van der Waals surface area contributed by atoms with E-state index in [1.54, 1.807) is 17.8 Å². The normalized spacial score (nSPS) is 24.3. The lowest BCUT2D eigenvalue weighted by atomic mass is 10.2. The molecule has 0 amide bonds. The van der Waals surface area contributed by atoms with Gasteiger partial charge in [-0.2, -0.15) is 0 Å². The highest BCUT2D eigenvalue weighted by Crippen LogP contribution is 2.28. The van der Waals surface area contributed by atoms with E-state index in [2.05, 4.69) is 0 Å². The molecule has 1 aromatic carbocycles. The summed E-state index contributed by atoms with van der Waals surface area (Å²) in [7, 11) is -0.883. The molecule has 0 aliphatic carbocycles. The van der Waals surface area contributed by atoms with Gasteiger partial charge in [0.2, 0.25) is 0 Å². The van der Waals surface area contributed by atoms with E-state index in [0.717, 1.165) is 27.7 Å². The van der Waals surface area contributed by atoms with Gasteiger partial charge in [0.05, 0.1) is 15.0 Å². The molecule has 0 bridgehead atoms. The van der Waals surface area contributed by atoms with Crippen molar-refractivity contribution in [3.05, 3.63) is 39.9 Å². The van der Waals surface area contributed by atoms with Crippen LogP contribution in [0.5, 0.6) is 0 Å². The van der Waals surface area contributed by atoms with E-state index in [1.807, 2.05) is 12.1 Å². The molecule has 1 fully saturated rings. The number of hydrogen-bond acceptors (Lipinski definition) is 2. The van der Waals surface area contributed by atoms with Crippen molar-refractivity contribution in [1.29, 1.82) is 0 Å². The van der Waals surface area contributed by atoms with Gasteiger partial charge in [0.15, 0.2) is 0 Å². The molecule has 0 saturated carbocycles. The van der Waals surface area contributed by atoms with Crippen LogP contribution >= 0.6 is 11.8 Å². The molecule has 0 N–H and O–H groups in total. The first-order valence-electron chi connectivity index (χ1n) is 4.74. The first kappa shape index (κ1) is 10.9. The minimum Gasteiger partial charge on any atom is -0.254 e. The number of rotatable bonds is 1. The van der Waals surface area contributed by atoms with Crippen molar-refractivity contribution >= 4 is 28.6 Å². The molecular weight excluding hydrogens is 231 g/mol. The second-order valence-electron chi connectivity index (χ2n) is 3.27. The van der Waals surface area contributed by atoms with Crippen molar-refractivity contribution in [3.8, 4) is 0 Å². The van der Waals surface area contributed by atoms with Crippen molar-refractivity contribution in [3.63, 3.8) is 0 Å². The average molecular weight is 242 g/mol. The summed E-state index contributed by atoms with van der Waals surface area (Å²) in [6, 6.07) is 6.35. The lowest BCUT2D eigenvalue weighted by Crippen LogP contribution is -2.06. The fourth-order valence-corrected chi connectivity index (χ4v) is 4.16. The third kappa shape index (κ3) is 2.92. The Balaban J connectivity index is 2.25. The Morgan fingerprint density at radius 2 is 2.33 bits per heavy atom. The Morgan fingerprint density at radius 3 is 3.07 bits per heavy atom. The predicted octanol–water partition coefficient (Wildman–Crippen LogP) is 3.01. The molecule has 0 spiro atoms. The number of thioether (sulfide) groups is 1. The number of halogens is 1. The van der Waals surface area contributed by atoms with Crippen molar-refractivity contribution in [2.24, 2.45) is 0 Å². The second-order valence-corrected chi connectivity index (χ2v) is 6.20. The Kier molecular flexibility index (Phi) is 3.59. The third-order valence-corrected chi connectivity index (χ3v) is 5.11. The lowest BCUT2D eigenvalue weighted by Gasteiger charge is -2.12. The summed E-state index contributed by atoms with van der Waals surface area (Å²) >= 11 is 1.61. The van der Waals surface area contributed by atoms with Crippen LogP contribution in [0.1, 0.15) is 12.0 Å². The zero-order chi connectivity index (χ0) is 10.7. The summed E-state index contributed by atoms with van der Waals surface area (Å²) in [6.07, 6.45) is 2.82. The molecule has 2 rings (SSSR count). The maximum Gasteiger partial charge on any atom is 0.123 e. The predicted molar refractivity (Wildman–Crippen MR) is 64.5 cm³/mol. The van der Waals surface area contributed by atoms with Crippen LogP contribution < -0.4 is 0 Å². The van der Waals surface area contributed by atoms with Gasteiger partial charge in [-0.3, -0.25) is 4.21 Å². The van der Waals surface area contributed by atoms with Crippen LogP contribution in [0, 0.1) is 5.82 Å². The minimum absolute atomic E-state index is 0.254. The average Bonchev–Trinajstić information content (AvgIpc) is 2.22. The molecule has 1 aliphatic rings. The summed E-state index contributed by atoms with van der Waals surface area (Å²) in [5.74, 6) is 1.48. The maximum atomic E-state index is 12.9. The lowest BCUT2D eigenvalue weighted by molar-refractivity contribution is 0.627. The van der Waals surface area contributed by atoms with E-state index in [9.17, 15) is 8.60 Å². The molecular formula is C11H11FOS2. The summed E-state index contributed by atoms with van der Waals surface area (Å²) in [4.78, 5) is 0. The van der Waals surface area contributed by atoms with Crippen LogP contribution in [0.25, 0.3) is 6.08 Å². The van der Waals surface area contributed by atoms with Crippen LogP contribution in [0.4, 0.5) is 4.39 Å². The molecule has 1 heterocycles. The standard InChI is InChI=1S/C11H11FOS2/c12-10-4-1-3-9(7-10)8-11-14-5-2-6-15(11)13/h1,3-4,7-8H,2,5-6H2/b11-8+. The molecule has 1 saturated heterocycles. The molecule has 1 unspecified atom stereocenters. The number of benzene rings is 1. The Bertz CT molecular complexity index is 415. The molecule has 1 aliphatic heterocycles. The van der Waals surface area contributed by atoms with E-state index in [4.69, 9.17) is 0 Å². The van der Waals surface area contributed by atoms with Crippen LogP contribution in [-0.4, -0.2) is 15.7 Å². The van der Waals surface area contributed by atoms with Crippen molar-refractivity contribution in [2.75, 3.05) is 11.5 Å². The monoisotopic (exact) mass is 242 g/mol. The molecule has 0 aromatic heterocycles. The zero-order valence-corrected chi connectivity index (χ0v) is 9.74. The Labute approximate surface area is 95.2 Å². The largest absolute Gasteiger partial charge is 0.254 e. The molecule has 1 nitrogen and oxygen atoms in total. The molecule has 4 heteroatoms. The van der Waals surface area contributed by atoms with Crippen molar-refractivity contribution < 1.29 is 8.60 Å². The van der Waals surface area contributed by atoms with Gasteiger partial charge in [-0.15, -0.1) is 11.8 Å². The van der Waals surface area contributed by atoms with Crippen molar-refractivity contribution in [1.82, 2.24) is 0 Å². The molecule has 1 aromatic rings. The quantitative estimate of drug-likeness (QED) is 0.753. The Hall–Kier alpha value is -0.610. The van der Waals surface area contributed by atoms with E-state index >= 15 is 0 Å². The summed E-state index contributed by atoms with van der Waals surface area (Å²) in [6.45, 7) is 0.